The SMILES string of the molecule is C=C(C)[C@@H]1CC[C@]2(CN)CC[C@]3(C)[C@](C)(CCC4[C@@]5(C)CC[C@H](O)C(C)(C)C5CC[C@]43C)C12. The number of hydrogen-bond donors (Lipinski definition) is 2. The molecule has 188 valence electrons. The molecule has 0 spiro atoms. The van der Waals surface area contributed by atoms with E-state index in [9.17, 15) is 5.11 Å². The van der Waals surface area contributed by atoms with Crippen LogP contribution in [0.15, 0.2) is 12.2 Å². The minimum atomic E-state index is -0.140. The summed E-state index contributed by atoms with van der Waals surface area (Å²) in [6.45, 7) is 23.2. The third-order valence-electron chi connectivity index (χ3n) is 14.4. The molecule has 0 heterocycles. The van der Waals surface area contributed by atoms with Gasteiger partial charge in [-0.15, -0.1) is 0 Å². The van der Waals surface area contributed by atoms with Crippen LogP contribution in [-0.4, -0.2) is 17.8 Å². The van der Waals surface area contributed by atoms with Crippen LogP contribution in [0.2, 0.25) is 0 Å². The number of allylic oxidation sites excluding steroid dienone is 1. The Bertz CT molecular complexity index is 833. The van der Waals surface area contributed by atoms with Gasteiger partial charge < -0.3 is 10.8 Å². The molecule has 2 nitrogen and oxygen atoms in total. The third kappa shape index (κ3) is 2.69. The first-order chi connectivity index (χ1) is 15.2. The average Bonchev–Trinajstić information content (AvgIpc) is 3.15. The molecule has 0 aliphatic heterocycles. The zero-order chi connectivity index (χ0) is 24.2. The maximum absolute atomic E-state index is 10.9. The van der Waals surface area contributed by atoms with Gasteiger partial charge in [-0.3, -0.25) is 0 Å². The summed E-state index contributed by atoms with van der Waals surface area (Å²) in [5.41, 5.74) is 9.81. The number of rotatable bonds is 2. The molecule has 0 aromatic rings. The maximum Gasteiger partial charge on any atom is 0.0594 e. The first kappa shape index (κ1) is 24.4. The van der Waals surface area contributed by atoms with Crippen molar-refractivity contribution >= 4 is 0 Å². The van der Waals surface area contributed by atoms with Crippen LogP contribution in [0, 0.1) is 56.2 Å². The van der Waals surface area contributed by atoms with Crippen LogP contribution < -0.4 is 5.73 Å². The Morgan fingerprint density at radius 2 is 1.45 bits per heavy atom. The molecular weight excluding hydrogens is 402 g/mol. The van der Waals surface area contributed by atoms with Gasteiger partial charge in [0.1, 0.15) is 0 Å². The van der Waals surface area contributed by atoms with Gasteiger partial charge in [-0.25, -0.2) is 0 Å². The second-order valence-corrected chi connectivity index (χ2v) is 15.3. The number of aliphatic hydroxyl groups is 1. The van der Waals surface area contributed by atoms with E-state index < -0.39 is 0 Å². The molecule has 5 aliphatic rings. The van der Waals surface area contributed by atoms with Crippen molar-refractivity contribution in [2.24, 2.45) is 61.9 Å². The Hall–Kier alpha value is -0.340. The summed E-state index contributed by atoms with van der Waals surface area (Å²) in [6.07, 6.45) is 12.7. The number of nitrogens with two attached hydrogens (primary N) is 1. The Morgan fingerprint density at radius 1 is 0.818 bits per heavy atom. The topological polar surface area (TPSA) is 46.2 Å². The molecule has 0 radical (unpaired) electrons. The predicted molar refractivity (Wildman–Crippen MR) is 139 cm³/mol. The first-order valence-electron chi connectivity index (χ1n) is 14.3. The van der Waals surface area contributed by atoms with Gasteiger partial charge in [-0.2, -0.15) is 0 Å². The lowest BCUT2D eigenvalue weighted by atomic mass is 9.29. The van der Waals surface area contributed by atoms with Crippen molar-refractivity contribution in [3.05, 3.63) is 12.2 Å². The van der Waals surface area contributed by atoms with Gasteiger partial charge in [-0.05, 0) is 134 Å². The van der Waals surface area contributed by atoms with E-state index in [1.54, 1.807) is 0 Å². The molecule has 2 heteroatoms. The molecule has 5 rings (SSSR count). The fourth-order valence-corrected chi connectivity index (χ4v) is 12.2. The van der Waals surface area contributed by atoms with E-state index in [4.69, 9.17) is 5.73 Å². The van der Waals surface area contributed by atoms with Gasteiger partial charge in [0.25, 0.3) is 0 Å². The summed E-state index contributed by atoms with van der Waals surface area (Å²) in [5, 5.41) is 10.9. The van der Waals surface area contributed by atoms with Crippen LogP contribution in [0.5, 0.6) is 0 Å². The molecule has 0 bridgehead atoms. The van der Waals surface area contributed by atoms with Gasteiger partial charge in [0, 0.05) is 0 Å². The smallest absolute Gasteiger partial charge is 0.0594 e. The van der Waals surface area contributed by atoms with Crippen LogP contribution in [0.1, 0.15) is 113 Å². The van der Waals surface area contributed by atoms with Crippen LogP contribution in [-0.2, 0) is 0 Å². The van der Waals surface area contributed by atoms with Crippen molar-refractivity contribution in [1.82, 2.24) is 0 Å². The van der Waals surface area contributed by atoms with Crippen molar-refractivity contribution in [3.8, 4) is 0 Å². The molecule has 3 unspecified atom stereocenters. The molecule has 0 saturated heterocycles. The standard InChI is InChI=1S/C31H53NO/c1-20(2)21-9-16-31(19-32)18-17-30(8)28(6)14-10-22-26(3,4)24(33)12-13-27(22,5)23(28)11-15-29(30,7)25(21)31/h21-25,33H,1,9-19,32H2,2-8H3/t21-,22?,23?,24-,25?,27-,28+,29+,30-,31+/m0/s1. The third-order valence-corrected chi connectivity index (χ3v) is 14.4. The zero-order valence-corrected chi connectivity index (χ0v) is 22.9. The van der Waals surface area contributed by atoms with Crippen molar-refractivity contribution in [2.75, 3.05) is 6.54 Å². The van der Waals surface area contributed by atoms with Crippen LogP contribution >= 0.6 is 0 Å². The summed E-state index contributed by atoms with van der Waals surface area (Å²) >= 11 is 0. The quantitative estimate of drug-likeness (QED) is 0.427. The number of aliphatic hydroxyl groups excluding tert-OH is 1. The highest BCUT2D eigenvalue weighted by Gasteiger charge is 2.74. The number of hydrogen-bond acceptors (Lipinski definition) is 2. The molecule has 5 fully saturated rings. The lowest BCUT2D eigenvalue weighted by Crippen LogP contribution is -2.70. The second kappa shape index (κ2) is 7.12. The highest BCUT2D eigenvalue weighted by Crippen LogP contribution is 2.81. The monoisotopic (exact) mass is 455 g/mol. The zero-order valence-electron chi connectivity index (χ0n) is 22.9. The summed E-state index contributed by atoms with van der Waals surface area (Å²) in [7, 11) is 0. The van der Waals surface area contributed by atoms with E-state index in [0.717, 1.165) is 18.9 Å². The van der Waals surface area contributed by atoms with Crippen molar-refractivity contribution < 1.29 is 5.11 Å². The van der Waals surface area contributed by atoms with Crippen LogP contribution in [0.25, 0.3) is 0 Å². The van der Waals surface area contributed by atoms with Gasteiger partial charge in [0.2, 0.25) is 0 Å². The van der Waals surface area contributed by atoms with Gasteiger partial charge in [0.15, 0.2) is 0 Å². The highest BCUT2D eigenvalue weighted by atomic mass is 16.3. The molecule has 0 aromatic carbocycles. The predicted octanol–water partition coefficient (Wildman–Crippen LogP) is 7.35. The second-order valence-electron chi connectivity index (χ2n) is 15.3. The van der Waals surface area contributed by atoms with E-state index in [2.05, 4.69) is 55.0 Å². The molecule has 0 aromatic heterocycles. The van der Waals surface area contributed by atoms with E-state index in [1.807, 2.05) is 0 Å². The molecule has 33 heavy (non-hydrogen) atoms. The molecular formula is C31H53NO. The molecule has 10 atom stereocenters. The molecule has 5 saturated carbocycles. The fourth-order valence-electron chi connectivity index (χ4n) is 12.2. The fraction of sp³-hybridized carbons (Fsp3) is 0.935. The van der Waals surface area contributed by atoms with E-state index in [-0.39, 0.29) is 11.5 Å². The Labute approximate surface area is 204 Å². The summed E-state index contributed by atoms with van der Waals surface area (Å²) < 4.78 is 0. The van der Waals surface area contributed by atoms with E-state index >= 15 is 0 Å². The van der Waals surface area contributed by atoms with Crippen LogP contribution in [0.3, 0.4) is 0 Å². The minimum absolute atomic E-state index is 0.0355. The van der Waals surface area contributed by atoms with Gasteiger partial charge >= 0.3 is 0 Å². The Morgan fingerprint density at radius 3 is 2.09 bits per heavy atom. The van der Waals surface area contributed by atoms with E-state index in [0.29, 0.717) is 44.8 Å². The van der Waals surface area contributed by atoms with Gasteiger partial charge in [0.05, 0.1) is 6.10 Å². The summed E-state index contributed by atoms with van der Waals surface area (Å²) in [6, 6.07) is 0. The molecule has 5 aliphatic carbocycles. The van der Waals surface area contributed by atoms with Crippen molar-refractivity contribution in [1.29, 1.82) is 0 Å². The van der Waals surface area contributed by atoms with Gasteiger partial charge in [-0.1, -0.05) is 53.7 Å². The van der Waals surface area contributed by atoms with Crippen molar-refractivity contribution in [2.45, 2.75) is 119 Å². The Balaban J connectivity index is 1.60. The first-order valence-corrected chi connectivity index (χ1v) is 14.3. The minimum Gasteiger partial charge on any atom is -0.393 e. The maximum atomic E-state index is 10.9. The summed E-state index contributed by atoms with van der Waals surface area (Å²) in [5.74, 6) is 2.75. The average molecular weight is 456 g/mol. The normalized spacial score (nSPS) is 57.4. The largest absolute Gasteiger partial charge is 0.393 e. The molecule has 0 amide bonds. The summed E-state index contributed by atoms with van der Waals surface area (Å²) in [4.78, 5) is 0. The lowest BCUT2D eigenvalue weighted by molar-refractivity contribution is -0.276. The van der Waals surface area contributed by atoms with E-state index in [1.165, 1.54) is 63.4 Å². The number of fused-ring (bicyclic) bond motifs is 7. The lowest BCUT2D eigenvalue weighted by Gasteiger charge is -2.76. The van der Waals surface area contributed by atoms with Crippen molar-refractivity contribution in [3.63, 3.8) is 0 Å². The highest BCUT2D eigenvalue weighted by molar-refractivity contribution is 5.25. The Kier molecular flexibility index (Phi) is 5.25. The van der Waals surface area contributed by atoms with Crippen LogP contribution in [0.4, 0.5) is 0 Å². The molecule has 3 N–H and O–H groups in total.